The number of sulfonamides is 1. The summed E-state index contributed by atoms with van der Waals surface area (Å²) in [5, 5.41) is 0. The maximum absolute atomic E-state index is 12.2. The van der Waals surface area contributed by atoms with Crippen molar-refractivity contribution in [3.8, 4) is 0 Å². The fourth-order valence-electron chi connectivity index (χ4n) is 2.00. The highest BCUT2D eigenvalue weighted by molar-refractivity contribution is 7.89. The van der Waals surface area contributed by atoms with Crippen LogP contribution < -0.4 is 21.7 Å². The van der Waals surface area contributed by atoms with Gasteiger partial charge in [-0.15, -0.1) is 0 Å². The van der Waals surface area contributed by atoms with E-state index in [9.17, 15) is 13.2 Å². The number of hydrogen-bond acceptors (Lipinski definition) is 5. The van der Waals surface area contributed by atoms with E-state index in [1.165, 1.54) is 0 Å². The number of nitrogens with one attached hydrogen (secondary N) is 2. The lowest BCUT2D eigenvalue weighted by Crippen LogP contribution is -2.27. The summed E-state index contributed by atoms with van der Waals surface area (Å²) in [6.07, 6.45) is 0.519. The number of hydrazine groups is 1. The predicted octanol–water partition coefficient (Wildman–Crippen LogP) is 0.133. The normalized spacial score (nSPS) is 11.3. The molecule has 20 heavy (non-hydrogen) atoms. The fourth-order valence-corrected chi connectivity index (χ4v) is 3.52. The number of primary amides is 1. The zero-order valence-electron chi connectivity index (χ0n) is 11.6. The summed E-state index contributed by atoms with van der Waals surface area (Å²) in [5.41, 5.74) is 9.33. The highest BCUT2D eigenvalue weighted by Gasteiger charge is 2.19. The number of amides is 1. The van der Waals surface area contributed by atoms with E-state index in [1.54, 1.807) is 26.0 Å². The van der Waals surface area contributed by atoms with Crippen molar-refractivity contribution < 1.29 is 13.2 Å². The Balaban J connectivity index is 2.90. The van der Waals surface area contributed by atoms with E-state index in [4.69, 9.17) is 11.6 Å². The molecule has 0 aliphatic heterocycles. The average molecular weight is 300 g/mol. The number of anilines is 1. The van der Waals surface area contributed by atoms with Crippen LogP contribution in [0.5, 0.6) is 0 Å². The number of hydrogen-bond donors (Lipinski definition) is 4. The molecule has 0 aliphatic rings. The molecule has 0 atom stereocenters. The molecular formula is C12H20N4O3S. The fraction of sp³-hybridized carbons (Fsp3) is 0.417. The van der Waals surface area contributed by atoms with Gasteiger partial charge in [0.15, 0.2) is 0 Å². The van der Waals surface area contributed by atoms with Crippen molar-refractivity contribution in [2.24, 2.45) is 11.6 Å². The second-order valence-corrected chi connectivity index (χ2v) is 6.25. The van der Waals surface area contributed by atoms with Crippen molar-refractivity contribution in [2.75, 3.05) is 12.0 Å². The molecule has 0 spiro atoms. The number of nitrogens with two attached hydrogens (primary N) is 2. The van der Waals surface area contributed by atoms with Crippen LogP contribution in [0.2, 0.25) is 0 Å². The molecule has 1 aromatic carbocycles. The summed E-state index contributed by atoms with van der Waals surface area (Å²) >= 11 is 0. The van der Waals surface area contributed by atoms with Crippen molar-refractivity contribution in [1.82, 2.24) is 4.72 Å². The average Bonchev–Trinajstić information content (AvgIpc) is 2.33. The van der Waals surface area contributed by atoms with Crippen molar-refractivity contribution in [1.29, 1.82) is 0 Å². The van der Waals surface area contributed by atoms with Crippen LogP contribution in [0, 0.1) is 13.8 Å². The van der Waals surface area contributed by atoms with Gasteiger partial charge in [0.1, 0.15) is 0 Å². The number of carbonyl (C=O) groups is 1. The van der Waals surface area contributed by atoms with E-state index in [-0.39, 0.29) is 17.9 Å². The molecule has 6 N–H and O–H groups in total. The van der Waals surface area contributed by atoms with Crippen LogP contribution in [-0.2, 0) is 14.8 Å². The minimum Gasteiger partial charge on any atom is -0.370 e. The molecule has 1 amide bonds. The van der Waals surface area contributed by atoms with E-state index in [1.807, 2.05) is 0 Å². The molecule has 0 aromatic heterocycles. The van der Waals surface area contributed by atoms with Crippen LogP contribution in [0.3, 0.4) is 0 Å². The molecule has 0 saturated carbocycles. The van der Waals surface area contributed by atoms with E-state index in [0.717, 1.165) is 0 Å². The lowest BCUT2D eigenvalue weighted by Gasteiger charge is -2.13. The van der Waals surface area contributed by atoms with Crippen LogP contribution in [0.4, 0.5) is 5.69 Å². The largest absolute Gasteiger partial charge is 0.370 e. The van der Waals surface area contributed by atoms with Gasteiger partial charge >= 0.3 is 0 Å². The molecule has 1 rings (SSSR count). The minimum atomic E-state index is -3.62. The quantitative estimate of drug-likeness (QED) is 0.323. The van der Waals surface area contributed by atoms with Crippen molar-refractivity contribution in [3.05, 3.63) is 23.3 Å². The lowest BCUT2D eigenvalue weighted by molar-refractivity contribution is -0.118. The molecule has 112 valence electrons. The van der Waals surface area contributed by atoms with Crippen molar-refractivity contribution in [3.63, 3.8) is 0 Å². The Morgan fingerprint density at radius 2 is 1.80 bits per heavy atom. The van der Waals surface area contributed by atoms with Crippen LogP contribution in [-0.4, -0.2) is 20.9 Å². The predicted molar refractivity (Wildman–Crippen MR) is 77.3 cm³/mol. The smallest absolute Gasteiger partial charge is 0.241 e. The molecular weight excluding hydrogens is 280 g/mol. The SMILES string of the molecule is Cc1cc(NN)cc(C)c1S(=O)(=O)NCCCC(N)=O. The Bertz CT molecular complexity index is 576. The molecule has 0 aliphatic carbocycles. The molecule has 1 aromatic rings. The molecule has 0 heterocycles. The topological polar surface area (TPSA) is 127 Å². The maximum atomic E-state index is 12.2. The third kappa shape index (κ3) is 4.19. The number of carbonyl (C=O) groups excluding carboxylic acids is 1. The van der Waals surface area contributed by atoms with Crippen molar-refractivity contribution in [2.45, 2.75) is 31.6 Å². The summed E-state index contributed by atoms with van der Waals surface area (Å²) in [5.74, 6) is 4.87. The summed E-state index contributed by atoms with van der Waals surface area (Å²) in [6.45, 7) is 3.57. The van der Waals surface area contributed by atoms with Crippen LogP contribution in [0.15, 0.2) is 17.0 Å². The maximum Gasteiger partial charge on any atom is 0.241 e. The summed E-state index contributed by atoms with van der Waals surface area (Å²) in [6, 6.07) is 3.32. The van der Waals surface area contributed by atoms with Gasteiger partial charge < -0.3 is 11.2 Å². The van der Waals surface area contributed by atoms with E-state index >= 15 is 0 Å². The van der Waals surface area contributed by atoms with Crippen LogP contribution >= 0.6 is 0 Å². The van der Waals surface area contributed by atoms with Crippen LogP contribution in [0.1, 0.15) is 24.0 Å². The van der Waals surface area contributed by atoms with Gasteiger partial charge in [-0.2, -0.15) is 0 Å². The van der Waals surface area contributed by atoms with Gasteiger partial charge in [-0.25, -0.2) is 13.1 Å². The summed E-state index contributed by atoms with van der Waals surface area (Å²) in [7, 11) is -3.62. The number of nitrogen functional groups attached to an aromatic ring is 1. The molecule has 0 bridgehead atoms. The van der Waals surface area contributed by atoms with E-state index < -0.39 is 15.9 Å². The molecule has 7 nitrogen and oxygen atoms in total. The van der Waals surface area contributed by atoms with Crippen molar-refractivity contribution >= 4 is 21.6 Å². The summed E-state index contributed by atoms with van der Waals surface area (Å²) in [4.78, 5) is 10.8. The standard InChI is InChI=1S/C12H20N4O3S/c1-8-6-10(16-14)7-9(2)12(8)20(18,19)15-5-3-4-11(13)17/h6-7,15-16H,3-5,14H2,1-2H3,(H2,13,17). The van der Waals surface area contributed by atoms with Gasteiger partial charge in [0.05, 0.1) is 4.90 Å². The van der Waals surface area contributed by atoms with E-state index in [0.29, 0.717) is 23.2 Å². The second-order valence-electron chi connectivity index (χ2n) is 4.55. The zero-order valence-corrected chi connectivity index (χ0v) is 12.4. The number of rotatable bonds is 7. The van der Waals surface area contributed by atoms with Gasteiger partial charge in [0.2, 0.25) is 15.9 Å². The first-order chi connectivity index (χ1) is 9.27. The molecule has 0 unspecified atom stereocenters. The Kier molecular flexibility index (Phi) is 5.49. The first-order valence-corrected chi connectivity index (χ1v) is 7.62. The molecule has 0 radical (unpaired) electrons. The second kappa shape index (κ2) is 6.69. The zero-order chi connectivity index (χ0) is 15.3. The Labute approximate surface area is 118 Å². The molecule has 8 heteroatoms. The highest BCUT2D eigenvalue weighted by Crippen LogP contribution is 2.23. The van der Waals surface area contributed by atoms with Gasteiger partial charge in [-0.3, -0.25) is 10.6 Å². The van der Waals surface area contributed by atoms with Gasteiger partial charge in [-0.1, -0.05) is 0 Å². The van der Waals surface area contributed by atoms with E-state index in [2.05, 4.69) is 10.1 Å². The first-order valence-electron chi connectivity index (χ1n) is 6.13. The van der Waals surface area contributed by atoms with Gasteiger partial charge in [-0.05, 0) is 43.5 Å². The van der Waals surface area contributed by atoms with Gasteiger partial charge in [0, 0.05) is 18.7 Å². The Morgan fingerprint density at radius 3 is 2.25 bits per heavy atom. The third-order valence-electron chi connectivity index (χ3n) is 2.79. The Hall–Kier alpha value is -1.64. The highest BCUT2D eigenvalue weighted by atomic mass is 32.2. The third-order valence-corrected chi connectivity index (χ3v) is 4.55. The molecule has 0 saturated heterocycles. The lowest BCUT2D eigenvalue weighted by atomic mass is 10.1. The Morgan fingerprint density at radius 1 is 1.25 bits per heavy atom. The minimum absolute atomic E-state index is 0.149. The molecule has 0 fully saturated rings. The number of aryl methyl sites for hydroxylation is 2. The van der Waals surface area contributed by atoms with Crippen LogP contribution in [0.25, 0.3) is 0 Å². The summed E-state index contributed by atoms with van der Waals surface area (Å²) < 4.78 is 26.9. The monoisotopic (exact) mass is 300 g/mol. The van der Waals surface area contributed by atoms with Gasteiger partial charge in [0.25, 0.3) is 0 Å². The first kappa shape index (κ1) is 16.4. The number of benzene rings is 1.